The molecule has 1 N–H and O–H groups in total. The van der Waals surface area contributed by atoms with Crippen LogP contribution in [-0.4, -0.2) is 55.3 Å². The van der Waals surface area contributed by atoms with Gasteiger partial charge in [-0.1, -0.05) is 81.4 Å². The average molecular weight is 456 g/mol. The minimum Gasteiger partial charge on any atom is -0.444 e. The maximum absolute atomic E-state index is 12.8. The smallest absolute Gasteiger partial charge is 0.410 e. The van der Waals surface area contributed by atoms with Crippen LogP contribution in [0.4, 0.5) is 4.79 Å². The number of aliphatic hydroxyl groups is 1. The van der Waals surface area contributed by atoms with Crippen LogP contribution in [0.15, 0.2) is 60.7 Å². The number of benzene rings is 2. The number of nitrogens with zero attached hydrogens (tertiary/aromatic N) is 1. The molecule has 3 rings (SSSR count). The van der Waals surface area contributed by atoms with Crippen molar-refractivity contribution in [3.8, 4) is 0 Å². The van der Waals surface area contributed by atoms with Crippen molar-refractivity contribution in [3.63, 3.8) is 0 Å². The Labute approximate surface area is 193 Å². The Balaban J connectivity index is 2.03. The van der Waals surface area contributed by atoms with Gasteiger partial charge in [-0.05, 0) is 42.6 Å². The lowest BCUT2D eigenvalue weighted by Crippen LogP contribution is -2.68. The Morgan fingerprint density at radius 3 is 1.88 bits per heavy atom. The van der Waals surface area contributed by atoms with Crippen molar-refractivity contribution >= 4 is 24.8 Å². The summed E-state index contributed by atoms with van der Waals surface area (Å²) in [6, 6.07) is 20.4. The zero-order chi connectivity index (χ0) is 23.6. The van der Waals surface area contributed by atoms with Gasteiger partial charge in [0.05, 0.1) is 18.8 Å². The second kappa shape index (κ2) is 9.38. The molecule has 0 spiro atoms. The molecule has 1 amide bonds. The number of amides is 1. The van der Waals surface area contributed by atoms with Crippen molar-refractivity contribution in [3.05, 3.63) is 60.7 Å². The van der Waals surface area contributed by atoms with Crippen LogP contribution < -0.4 is 10.4 Å². The molecule has 32 heavy (non-hydrogen) atoms. The summed E-state index contributed by atoms with van der Waals surface area (Å²) in [5.74, 6) is 0. The molecule has 0 unspecified atom stereocenters. The number of carbonyl (C=O) groups excluding carboxylic acids is 1. The number of aliphatic hydroxyl groups excluding tert-OH is 1. The lowest BCUT2D eigenvalue weighted by molar-refractivity contribution is 0.00828. The van der Waals surface area contributed by atoms with E-state index in [-0.39, 0.29) is 17.7 Å². The van der Waals surface area contributed by atoms with Crippen molar-refractivity contribution in [1.29, 1.82) is 0 Å². The third-order valence-electron chi connectivity index (χ3n) is 6.04. The normalized spacial score (nSPS) is 19.8. The van der Waals surface area contributed by atoms with Crippen LogP contribution in [0.25, 0.3) is 0 Å². The van der Waals surface area contributed by atoms with E-state index >= 15 is 0 Å². The molecule has 0 saturated carbocycles. The van der Waals surface area contributed by atoms with Crippen molar-refractivity contribution in [2.75, 3.05) is 13.2 Å². The van der Waals surface area contributed by atoms with Gasteiger partial charge in [-0.25, -0.2) is 4.79 Å². The van der Waals surface area contributed by atoms with Crippen molar-refractivity contribution in [2.24, 2.45) is 0 Å². The van der Waals surface area contributed by atoms with Gasteiger partial charge in [0.2, 0.25) is 0 Å². The number of likely N-dealkylation sites (tertiary alicyclic amines) is 1. The van der Waals surface area contributed by atoms with E-state index in [0.717, 1.165) is 0 Å². The fourth-order valence-electron chi connectivity index (χ4n) is 4.64. The molecule has 1 saturated heterocycles. The molecule has 0 aliphatic carbocycles. The SMILES string of the molecule is CC(C)(C)OC(=O)N1CC[C@H](O[Si](c2ccccc2)(c2ccccc2)C(C)(C)C)[C@@H]1CO. The quantitative estimate of drug-likeness (QED) is 0.694. The third kappa shape index (κ3) is 4.92. The summed E-state index contributed by atoms with van der Waals surface area (Å²) in [6.07, 6.45) is -0.0153. The summed E-state index contributed by atoms with van der Waals surface area (Å²) >= 11 is 0. The van der Waals surface area contributed by atoms with Crippen LogP contribution in [0, 0.1) is 0 Å². The molecule has 2 aromatic rings. The maximum atomic E-state index is 12.8. The first kappa shape index (κ1) is 24.5. The predicted octanol–water partition coefficient (Wildman–Crippen LogP) is 3.93. The van der Waals surface area contributed by atoms with Gasteiger partial charge < -0.3 is 19.2 Å². The molecule has 2 atom stereocenters. The number of ether oxygens (including phenoxy) is 1. The van der Waals surface area contributed by atoms with E-state index < -0.39 is 26.1 Å². The first-order valence-electron chi connectivity index (χ1n) is 11.4. The fraction of sp³-hybridized carbons (Fsp3) is 0.500. The average Bonchev–Trinajstić information content (AvgIpc) is 3.14. The van der Waals surface area contributed by atoms with Crippen LogP contribution >= 0.6 is 0 Å². The van der Waals surface area contributed by atoms with E-state index in [0.29, 0.717) is 13.0 Å². The first-order valence-corrected chi connectivity index (χ1v) is 13.3. The lowest BCUT2D eigenvalue weighted by atomic mass is 10.2. The minimum atomic E-state index is -2.77. The van der Waals surface area contributed by atoms with Crippen LogP contribution in [0.3, 0.4) is 0 Å². The standard InChI is InChI=1S/C26H37NO4Si/c1-25(2,3)30-24(29)27-18-17-23(22(27)19-28)31-32(26(4,5)6,20-13-9-7-10-14-20)21-15-11-8-12-16-21/h7-16,22-23,28H,17-19H2,1-6H3/t22-,23-/m0/s1. The largest absolute Gasteiger partial charge is 0.444 e. The summed E-state index contributed by atoms with van der Waals surface area (Å²) in [5.41, 5.74) is -0.589. The fourth-order valence-corrected chi connectivity index (χ4v) is 9.39. The molecule has 1 aliphatic heterocycles. The van der Waals surface area contributed by atoms with Crippen molar-refractivity contribution < 1.29 is 19.1 Å². The monoisotopic (exact) mass is 455 g/mol. The highest BCUT2D eigenvalue weighted by Crippen LogP contribution is 2.39. The molecule has 1 fully saturated rings. The van der Waals surface area contributed by atoms with E-state index in [1.54, 1.807) is 4.90 Å². The molecule has 6 heteroatoms. The minimum absolute atomic E-state index is 0.165. The summed E-state index contributed by atoms with van der Waals surface area (Å²) in [6.45, 7) is 12.6. The second-order valence-corrected chi connectivity index (χ2v) is 14.8. The predicted molar refractivity (Wildman–Crippen MR) is 131 cm³/mol. The Morgan fingerprint density at radius 2 is 1.47 bits per heavy atom. The van der Waals surface area contributed by atoms with E-state index in [4.69, 9.17) is 9.16 Å². The van der Waals surface area contributed by atoms with Gasteiger partial charge in [0, 0.05) is 6.54 Å². The highest BCUT2D eigenvalue weighted by atomic mass is 28.4. The van der Waals surface area contributed by atoms with Gasteiger partial charge in [-0.3, -0.25) is 0 Å². The Hall–Kier alpha value is -2.15. The third-order valence-corrected chi connectivity index (χ3v) is 11.1. The number of carbonyl (C=O) groups is 1. The molecule has 174 valence electrons. The van der Waals surface area contributed by atoms with Gasteiger partial charge in [-0.2, -0.15) is 0 Å². The molecule has 1 heterocycles. The summed E-state index contributed by atoms with van der Waals surface area (Å²) in [7, 11) is -2.77. The topological polar surface area (TPSA) is 59.0 Å². The van der Waals surface area contributed by atoms with Gasteiger partial charge >= 0.3 is 6.09 Å². The van der Waals surface area contributed by atoms with Crippen LogP contribution in [0.1, 0.15) is 48.0 Å². The molecular weight excluding hydrogens is 418 g/mol. The van der Waals surface area contributed by atoms with E-state index in [9.17, 15) is 9.90 Å². The highest BCUT2D eigenvalue weighted by molar-refractivity contribution is 6.99. The van der Waals surface area contributed by atoms with Gasteiger partial charge in [0.15, 0.2) is 0 Å². The number of rotatable bonds is 5. The van der Waals surface area contributed by atoms with Crippen LogP contribution in [0.5, 0.6) is 0 Å². The summed E-state index contributed by atoms with van der Waals surface area (Å²) in [4.78, 5) is 14.5. The molecule has 5 nitrogen and oxygen atoms in total. The highest BCUT2D eigenvalue weighted by Gasteiger charge is 2.53. The Morgan fingerprint density at radius 1 is 0.969 bits per heavy atom. The second-order valence-electron chi connectivity index (χ2n) is 10.5. The van der Waals surface area contributed by atoms with Crippen LogP contribution in [-0.2, 0) is 9.16 Å². The maximum Gasteiger partial charge on any atom is 0.410 e. The molecule has 0 radical (unpaired) electrons. The summed E-state index contributed by atoms with van der Waals surface area (Å²) in [5, 5.41) is 12.5. The number of hydrogen-bond acceptors (Lipinski definition) is 4. The molecule has 0 bridgehead atoms. The lowest BCUT2D eigenvalue weighted by Gasteiger charge is -2.45. The molecule has 1 aliphatic rings. The Kier molecular flexibility index (Phi) is 7.17. The molecular formula is C26H37NO4Si. The van der Waals surface area contributed by atoms with Crippen LogP contribution in [0.2, 0.25) is 5.04 Å². The zero-order valence-corrected chi connectivity index (χ0v) is 21.2. The number of hydrogen-bond donors (Lipinski definition) is 1. The van der Waals surface area contributed by atoms with E-state index in [2.05, 4.69) is 69.3 Å². The van der Waals surface area contributed by atoms with E-state index in [1.807, 2.05) is 32.9 Å². The molecule has 0 aromatic heterocycles. The van der Waals surface area contributed by atoms with Gasteiger partial charge in [0.1, 0.15) is 5.60 Å². The summed E-state index contributed by atoms with van der Waals surface area (Å²) < 4.78 is 12.8. The van der Waals surface area contributed by atoms with Crippen molar-refractivity contribution in [1.82, 2.24) is 4.90 Å². The van der Waals surface area contributed by atoms with Gasteiger partial charge in [0.25, 0.3) is 8.32 Å². The van der Waals surface area contributed by atoms with Gasteiger partial charge in [-0.15, -0.1) is 0 Å². The van der Waals surface area contributed by atoms with E-state index in [1.165, 1.54) is 10.4 Å². The molecule has 2 aromatic carbocycles. The zero-order valence-electron chi connectivity index (χ0n) is 20.2. The van der Waals surface area contributed by atoms with Crippen molar-refractivity contribution in [2.45, 2.75) is 70.7 Å². The first-order chi connectivity index (χ1) is 15.0. The Bertz CT molecular complexity index is 850.